The molecular weight excluding hydrogens is 316 g/mol. The fourth-order valence-corrected chi connectivity index (χ4v) is 7.77. The highest BCUT2D eigenvalue weighted by atomic mass is 16.3. The molecule has 0 aliphatic heterocycles. The molecule has 0 amide bonds. The fourth-order valence-electron chi connectivity index (χ4n) is 7.77. The molecule has 4 rings (SSSR count). The Morgan fingerprint density at radius 2 is 1.84 bits per heavy atom. The van der Waals surface area contributed by atoms with Crippen molar-refractivity contribution in [3.8, 4) is 0 Å². The molecule has 25 heavy (non-hydrogen) atoms. The van der Waals surface area contributed by atoms with Crippen molar-refractivity contribution in [3.63, 3.8) is 0 Å². The van der Waals surface area contributed by atoms with Crippen molar-refractivity contribution in [2.75, 3.05) is 0 Å². The van der Waals surface area contributed by atoms with Crippen molar-refractivity contribution in [3.05, 3.63) is 0 Å². The van der Waals surface area contributed by atoms with Gasteiger partial charge in [-0.3, -0.25) is 4.79 Å². The molecule has 0 aromatic heterocycles. The largest absolute Gasteiger partial charge is 0.393 e. The number of hydrogen-bond donors (Lipinski definition) is 3. The predicted octanol–water partition coefficient (Wildman–Crippen LogP) is 2.68. The normalized spacial score (nSPS) is 56.7. The van der Waals surface area contributed by atoms with Crippen molar-refractivity contribution in [2.45, 2.75) is 89.9 Å². The molecule has 0 bridgehead atoms. The summed E-state index contributed by atoms with van der Waals surface area (Å²) in [6.45, 7) is 6.01. The van der Waals surface area contributed by atoms with Gasteiger partial charge < -0.3 is 15.3 Å². The van der Waals surface area contributed by atoms with E-state index in [2.05, 4.69) is 6.92 Å². The Kier molecular flexibility index (Phi) is 3.97. The third-order valence-electron chi connectivity index (χ3n) is 9.23. The maximum absolute atomic E-state index is 13.4. The van der Waals surface area contributed by atoms with Crippen LogP contribution >= 0.6 is 0 Å². The second-order valence-electron chi connectivity index (χ2n) is 10.2. The Balaban J connectivity index is 1.70. The second kappa shape index (κ2) is 5.53. The van der Waals surface area contributed by atoms with E-state index in [1.807, 2.05) is 6.92 Å². The van der Waals surface area contributed by atoms with Crippen LogP contribution in [-0.2, 0) is 4.79 Å². The predicted molar refractivity (Wildman–Crippen MR) is 94.8 cm³/mol. The summed E-state index contributed by atoms with van der Waals surface area (Å²) >= 11 is 0. The number of aliphatic hydroxyl groups excluding tert-OH is 2. The molecule has 0 aromatic carbocycles. The molecule has 0 radical (unpaired) electrons. The van der Waals surface area contributed by atoms with Crippen LogP contribution in [0.5, 0.6) is 0 Å². The minimum absolute atomic E-state index is 0.00605. The summed E-state index contributed by atoms with van der Waals surface area (Å²) < 4.78 is 0. The zero-order valence-corrected chi connectivity index (χ0v) is 15.9. The molecule has 0 saturated heterocycles. The topological polar surface area (TPSA) is 77.8 Å². The van der Waals surface area contributed by atoms with Gasteiger partial charge in [-0.05, 0) is 75.0 Å². The lowest BCUT2D eigenvalue weighted by molar-refractivity contribution is -0.190. The van der Waals surface area contributed by atoms with Gasteiger partial charge >= 0.3 is 0 Å². The van der Waals surface area contributed by atoms with Crippen molar-refractivity contribution < 1.29 is 20.1 Å². The summed E-state index contributed by atoms with van der Waals surface area (Å²) in [4.78, 5) is 13.4. The Morgan fingerprint density at radius 1 is 1.12 bits per heavy atom. The lowest BCUT2D eigenvalue weighted by Gasteiger charge is -2.60. The van der Waals surface area contributed by atoms with Crippen molar-refractivity contribution >= 4 is 5.78 Å². The minimum atomic E-state index is -1.14. The Hall–Kier alpha value is -0.450. The van der Waals surface area contributed by atoms with E-state index >= 15 is 0 Å². The van der Waals surface area contributed by atoms with E-state index in [1.165, 1.54) is 0 Å². The number of rotatable bonds is 1. The summed E-state index contributed by atoms with van der Waals surface area (Å²) in [5, 5.41) is 31.6. The van der Waals surface area contributed by atoms with Crippen LogP contribution in [0.15, 0.2) is 0 Å². The van der Waals surface area contributed by atoms with Gasteiger partial charge in [0.15, 0.2) is 0 Å². The van der Waals surface area contributed by atoms with Crippen LogP contribution < -0.4 is 0 Å². The van der Waals surface area contributed by atoms with Gasteiger partial charge in [-0.15, -0.1) is 0 Å². The highest BCUT2D eigenvalue weighted by molar-refractivity contribution is 5.84. The Labute approximate surface area is 151 Å². The number of carbonyl (C=O) groups excluding carboxylic acids is 1. The van der Waals surface area contributed by atoms with Gasteiger partial charge in [-0.2, -0.15) is 0 Å². The third kappa shape index (κ3) is 2.20. The van der Waals surface area contributed by atoms with Gasteiger partial charge in [-0.1, -0.05) is 13.8 Å². The second-order valence-corrected chi connectivity index (χ2v) is 10.2. The van der Waals surface area contributed by atoms with Crippen molar-refractivity contribution in [2.24, 2.45) is 34.5 Å². The van der Waals surface area contributed by atoms with Gasteiger partial charge in [0.25, 0.3) is 0 Å². The third-order valence-corrected chi connectivity index (χ3v) is 9.23. The molecule has 4 aliphatic carbocycles. The SMILES string of the molecule is CC(O)C1(O)CCC2C3CCC4CC(O)CCC4(C)C3C(=O)CC21C. The lowest BCUT2D eigenvalue weighted by atomic mass is 9.44. The minimum Gasteiger partial charge on any atom is -0.393 e. The van der Waals surface area contributed by atoms with Gasteiger partial charge in [0.2, 0.25) is 0 Å². The molecule has 0 spiro atoms. The van der Waals surface area contributed by atoms with Crippen LogP contribution in [0.1, 0.15) is 72.1 Å². The molecule has 3 N–H and O–H groups in total. The molecule has 4 saturated carbocycles. The van der Waals surface area contributed by atoms with Gasteiger partial charge in [0.1, 0.15) is 5.78 Å². The van der Waals surface area contributed by atoms with E-state index in [0.29, 0.717) is 36.4 Å². The molecular formula is C21H34O4. The number of ketones is 1. The molecule has 9 atom stereocenters. The number of Topliss-reactive ketones (excluding diaryl/α,β-unsaturated/α-hetero) is 1. The van der Waals surface area contributed by atoms with Crippen LogP contribution in [0, 0.1) is 34.5 Å². The van der Waals surface area contributed by atoms with Crippen LogP contribution in [0.4, 0.5) is 0 Å². The average Bonchev–Trinajstić information content (AvgIpc) is 2.80. The smallest absolute Gasteiger partial charge is 0.137 e. The summed E-state index contributed by atoms with van der Waals surface area (Å²) in [6, 6.07) is 0. The molecule has 4 fully saturated rings. The molecule has 142 valence electrons. The molecule has 4 aliphatic rings. The first-order valence-electron chi connectivity index (χ1n) is 10.2. The monoisotopic (exact) mass is 350 g/mol. The first-order valence-corrected chi connectivity index (χ1v) is 10.2. The Morgan fingerprint density at radius 3 is 2.52 bits per heavy atom. The number of aliphatic hydroxyl groups is 3. The first kappa shape index (κ1) is 17.9. The number of carbonyl (C=O) groups is 1. The van der Waals surface area contributed by atoms with Crippen LogP contribution in [0.3, 0.4) is 0 Å². The van der Waals surface area contributed by atoms with E-state index in [4.69, 9.17) is 0 Å². The maximum atomic E-state index is 13.4. The van der Waals surface area contributed by atoms with Crippen LogP contribution in [0.2, 0.25) is 0 Å². The highest BCUT2D eigenvalue weighted by Crippen LogP contribution is 2.67. The molecule has 0 heterocycles. The van der Waals surface area contributed by atoms with Crippen LogP contribution in [-0.4, -0.2) is 38.9 Å². The van der Waals surface area contributed by atoms with Gasteiger partial charge in [0.05, 0.1) is 17.8 Å². The quantitative estimate of drug-likeness (QED) is 0.679. The molecule has 9 unspecified atom stereocenters. The average molecular weight is 350 g/mol. The van der Waals surface area contributed by atoms with Gasteiger partial charge in [-0.25, -0.2) is 0 Å². The van der Waals surface area contributed by atoms with Gasteiger partial charge in [0, 0.05) is 17.8 Å². The summed E-state index contributed by atoms with van der Waals surface area (Å²) in [6.07, 6.45) is 5.60. The van der Waals surface area contributed by atoms with E-state index in [1.54, 1.807) is 6.92 Å². The summed E-state index contributed by atoms with van der Waals surface area (Å²) in [5.41, 5.74) is -1.64. The van der Waals surface area contributed by atoms with Crippen molar-refractivity contribution in [1.29, 1.82) is 0 Å². The standard InChI is InChI=1S/C21H34O4/c1-12(22)21(25)9-7-16-15-5-4-13-10-14(23)6-8-19(13,2)18(15)17(24)11-20(16,21)3/h12-16,18,22-23,25H,4-11H2,1-3H3. The maximum Gasteiger partial charge on any atom is 0.137 e. The molecule has 4 heteroatoms. The lowest BCUT2D eigenvalue weighted by Crippen LogP contribution is -2.62. The summed E-state index contributed by atoms with van der Waals surface area (Å²) in [5.74, 6) is 1.47. The van der Waals surface area contributed by atoms with Crippen molar-refractivity contribution in [1.82, 2.24) is 0 Å². The van der Waals surface area contributed by atoms with E-state index < -0.39 is 17.1 Å². The zero-order chi connectivity index (χ0) is 18.2. The first-order chi connectivity index (χ1) is 11.6. The number of hydrogen-bond acceptors (Lipinski definition) is 4. The summed E-state index contributed by atoms with van der Waals surface area (Å²) in [7, 11) is 0. The van der Waals surface area contributed by atoms with Crippen LogP contribution in [0.25, 0.3) is 0 Å². The fraction of sp³-hybridized carbons (Fsp3) is 0.952. The molecule has 0 aromatic rings. The highest BCUT2D eigenvalue weighted by Gasteiger charge is 2.68. The van der Waals surface area contributed by atoms with E-state index in [9.17, 15) is 20.1 Å². The van der Waals surface area contributed by atoms with E-state index in [0.717, 1.165) is 38.5 Å². The zero-order valence-electron chi connectivity index (χ0n) is 15.9. The Bertz CT molecular complexity index is 574. The number of fused-ring (bicyclic) bond motifs is 5. The van der Waals surface area contributed by atoms with E-state index in [-0.39, 0.29) is 17.4 Å². The molecule has 4 nitrogen and oxygen atoms in total.